The minimum Gasteiger partial charge on any atom is -0.493 e. The molecule has 6 nitrogen and oxygen atoms in total. The van der Waals surface area contributed by atoms with E-state index in [1.807, 2.05) is 6.07 Å². The van der Waals surface area contributed by atoms with Crippen molar-refractivity contribution in [2.45, 2.75) is 25.2 Å². The summed E-state index contributed by atoms with van der Waals surface area (Å²) in [5.41, 5.74) is 0.881. The lowest BCUT2D eigenvalue weighted by Gasteiger charge is -2.38. The highest BCUT2D eigenvalue weighted by molar-refractivity contribution is 5.42. The molecular weight excluding hydrogens is 272 g/mol. The highest BCUT2D eigenvalue weighted by Crippen LogP contribution is 2.33. The van der Waals surface area contributed by atoms with Crippen molar-refractivity contribution >= 4 is 0 Å². The maximum absolute atomic E-state index is 5.81. The van der Waals surface area contributed by atoms with E-state index in [0.29, 0.717) is 31.3 Å². The van der Waals surface area contributed by atoms with Gasteiger partial charge in [-0.3, -0.25) is 9.88 Å². The largest absolute Gasteiger partial charge is 0.493 e. The molecule has 3 rings (SSSR count). The second-order valence-corrected chi connectivity index (χ2v) is 5.41. The molecule has 0 radical (unpaired) electrons. The number of hydrogen-bond acceptors (Lipinski definition) is 6. The zero-order valence-corrected chi connectivity index (χ0v) is 12.6. The molecular formula is C15H22N2O4. The molecule has 0 atom stereocenters. The van der Waals surface area contributed by atoms with E-state index in [1.165, 1.54) is 0 Å². The Morgan fingerprint density at radius 2 is 2.10 bits per heavy atom. The number of likely N-dealkylation sites (tertiary alicyclic amines) is 1. The van der Waals surface area contributed by atoms with Crippen LogP contribution >= 0.6 is 0 Å². The van der Waals surface area contributed by atoms with Gasteiger partial charge in [0.05, 0.1) is 34.0 Å². The molecule has 3 heterocycles. The molecule has 21 heavy (non-hydrogen) atoms. The topological polar surface area (TPSA) is 53.1 Å². The summed E-state index contributed by atoms with van der Waals surface area (Å²) in [6.45, 7) is 3.86. The van der Waals surface area contributed by atoms with Crippen molar-refractivity contribution in [2.75, 3.05) is 40.5 Å². The summed E-state index contributed by atoms with van der Waals surface area (Å²) in [5, 5.41) is 0. The van der Waals surface area contributed by atoms with Crippen LogP contribution in [0.15, 0.2) is 12.3 Å². The van der Waals surface area contributed by atoms with Gasteiger partial charge in [0.2, 0.25) is 0 Å². The van der Waals surface area contributed by atoms with Crippen molar-refractivity contribution < 1.29 is 18.9 Å². The molecule has 2 aliphatic rings. The van der Waals surface area contributed by atoms with E-state index in [4.69, 9.17) is 18.9 Å². The second kappa shape index (κ2) is 6.17. The molecule has 0 N–H and O–H groups in total. The summed E-state index contributed by atoms with van der Waals surface area (Å²) in [5.74, 6) is 1.00. The smallest absolute Gasteiger partial charge is 0.183 e. The summed E-state index contributed by atoms with van der Waals surface area (Å²) >= 11 is 0. The summed E-state index contributed by atoms with van der Waals surface area (Å²) in [6.07, 6.45) is 3.78. The summed E-state index contributed by atoms with van der Waals surface area (Å²) in [7, 11) is 3.28. The Labute approximate surface area is 125 Å². The average molecular weight is 294 g/mol. The zero-order valence-electron chi connectivity index (χ0n) is 12.6. The maximum Gasteiger partial charge on any atom is 0.183 e. The lowest BCUT2D eigenvalue weighted by Crippen LogP contribution is -2.48. The third-order valence-electron chi connectivity index (χ3n) is 4.05. The van der Waals surface area contributed by atoms with Gasteiger partial charge in [0.25, 0.3) is 0 Å². The fraction of sp³-hybridized carbons (Fsp3) is 0.667. The molecule has 0 unspecified atom stereocenters. The Hall–Kier alpha value is -1.37. The van der Waals surface area contributed by atoms with E-state index in [-0.39, 0.29) is 0 Å². The number of pyridine rings is 1. The molecule has 1 spiro atoms. The fourth-order valence-corrected chi connectivity index (χ4v) is 3.11. The van der Waals surface area contributed by atoms with E-state index in [9.17, 15) is 0 Å². The Morgan fingerprint density at radius 3 is 2.81 bits per heavy atom. The molecule has 1 aromatic rings. The highest BCUT2D eigenvalue weighted by atomic mass is 16.7. The van der Waals surface area contributed by atoms with E-state index < -0.39 is 5.79 Å². The molecule has 0 bridgehead atoms. The number of aromatic nitrogens is 1. The minimum absolute atomic E-state index is 0.412. The number of methoxy groups -OCH3 is 2. The van der Waals surface area contributed by atoms with Crippen LogP contribution in [0.25, 0.3) is 0 Å². The zero-order chi connectivity index (χ0) is 14.7. The average Bonchev–Trinajstić information content (AvgIpc) is 2.94. The van der Waals surface area contributed by atoms with Crippen molar-refractivity contribution in [2.24, 2.45) is 0 Å². The first-order chi connectivity index (χ1) is 10.3. The quantitative estimate of drug-likeness (QED) is 0.837. The Bertz CT molecular complexity index is 489. The van der Waals surface area contributed by atoms with E-state index in [0.717, 1.165) is 31.6 Å². The van der Waals surface area contributed by atoms with Crippen LogP contribution in [0.4, 0.5) is 0 Å². The molecule has 2 saturated heterocycles. The van der Waals surface area contributed by atoms with Gasteiger partial charge in [0.15, 0.2) is 17.3 Å². The summed E-state index contributed by atoms with van der Waals surface area (Å²) < 4.78 is 22.4. The van der Waals surface area contributed by atoms with Crippen LogP contribution in [0, 0.1) is 0 Å². The standard InChI is InChI=1S/C15H22N2O4/c1-18-13-4-6-16-12(14(13)19-2)10-17-7-3-5-15(11-17)20-8-9-21-15/h4,6H,3,5,7-11H2,1-2H3. The number of rotatable bonds is 4. The first kappa shape index (κ1) is 14.6. The molecule has 0 aromatic carbocycles. The van der Waals surface area contributed by atoms with Gasteiger partial charge in [0, 0.05) is 25.2 Å². The van der Waals surface area contributed by atoms with Gasteiger partial charge >= 0.3 is 0 Å². The fourth-order valence-electron chi connectivity index (χ4n) is 3.11. The number of nitrogens with zero attached hydrogens (tertiary/aromatic N) is 2. The predicted octanol–water partition coefficient (Wildman–Crippen LogP) is 1.44. The molecule has 116 valence electrons. The van der Waals surface area contributed by atoms with E-state index >= 15 is 0 Å². The van der Waals surface area contributed by atoms with E-state index in [1.54, 1.807) is 20.4 Å². The van der Waals surface area contributed by atoms with Crippen LogP contribution in [0.1, 0.15) is 18.5 Å². The molecule has 6 heteroatoms. The molecule has 0 saturated carbocycles. The third-order valence-corrected chi connectivity index (χ3v) is 4.05. The van der Waals surface area contributed by atoms with E-state index in [2.05, 4.69) is 9.88 Å². The number of ether oxygens (including phenoxy) is 4. The molecule has 2 aliphatic heterocycles. The van der Waals surface area contributed by atoms with Crippen LogP contribution < -0.4 is 9.47 Å². The van der Waals surface area contributed by atoms with Crippen LogP contribution in [-0.4, -0.2) is 56.2 Å². The van der Waals surface area contributed by atoms with Crippen molar-refractivity contribution in [3.8, 4) is 11.5 Å². The maximum atomic E-state index is 5.81. The van der Waals surface area contributed by atoms with Crippen LogP contribution in [-0.2, 0) is 16.0 Å². The van der Waals surface area contributed by atoms with Gasteiger partial charge in [0.1, 0.15) is 5.69 Å². The summed E-state index contributed by atoms with van der Waals surface area (Å²) in [4.78, 5) is 6.74. The van der Waals surface area contributed by atoms with Crippen molar-refractivity contribution in [3.05, 3.63) is 18.0 Å². The Balaban J connectivity index is 1.74. The molecule has 0 aliphatic carbocycles. The van der Waals surface area contributed by atoms with Gasteiger partial charge in [-0.25, -0.2) is 0 Å². The Morgan fingerprint density at radius 1 is 1.29 bits per heavy atom. The lowest BCUT2D eigenvalue weighted by molar-refractivity contribution is -0.190. The molecule has 1 aromatic heterocycles. The van der Waals surface area contributed by atoms with Gasteiger partial charge in [-0.05, 0) is 13.0 Å². The summed E-state index contributed by atoms with van der Waals surface area (Å²) in [6, 6.07) is 1.81. The number of piperidine rings is 1. The first-order valence-electron chi connectivity index (χ1n) is 7.32. The SMILES string of the molecule is COc1ccnc(CN2CCCC3(C2)OCCO3)c1OC. The third kappa shape index (κ3) is 2.97. The lowest BCUT2D eigenvalue weighted by atomic mass is 10.0. The van der Waals surface area contributed by atoms with Gasteiger partial charge in [-0.1, -0.05) is 0 Å². The van der Waals surface area contributed by atoms with Crippen molar-refractivity contribution in [1.82, 2.24) is 9.88 Å². The predicted molar refractivity (Wildman–Crippen MR) is 76.5 cm³/mol. The van der Waals surface area contributed by atoms with Gasteiger partial charge in [-0.15, -0.1) is 0 Å². The minimum atomic E-state index is -0.412. The van der Waals surface area contributed by atoms with Gasteiger partial charge in [-0.2, -0.15) is 0 Å². The molecule has 0 amide bonds. The van der Waals surface area contributed by atoms with Crippen LogP contribution in [0.3, 0.4) is 0 Å². The van der Waals surface area contributed by atoms with Crippen molar-refractivity contribution in [3.63, 3.8) is 0 Å². The normalized spacial score (nSPS) is 21.6. The number of hydrogen-bond donors (Lipinski definition) is 0. The molecule has 2 fully saturated rings. The van der Waals surface area contributed by atoms with Crippen molar-refractivity contribution in [1.29, 1.82) is 0 Å². The monoisotopic (exact) mass is 294 g/mol. The first-order valence-corrected chi connectivity index (χ1v) is 7.32. The van der Waals surface area contributed by atoms with Crippen LogP contribution in [0.5, 0.6) is 11.5 Å². The highest BCUT2D eigenvalue weighted by Gasteiger charge is 2.40. The second-order valence-electron chi connectivity index (χ2n) is 5.41. The van der Waals surface area contributed by atoms with Crippen LogP contribution in [0.2, 0.25) is 0 Å². The van der Waals surface area contributed by atoms with Gasteiger partial charge < -0.3 is 18.9 Å². The Kier molecular flexibility index (Phi) is 4.28.